The monoisotopic (exact) mass is 382 g/mol. The second-order valence-electron chi connectivity index (χ2n) is 7.05. The first-order chi connectivity index (χ1) is 13.0. The Hall–Kier alpha value is -2.27. The van der Waals surface area contributed by atoms with Crippen LogP contribution in [0.15, 0.2) is 59.5 Å². The molecule has 2 atom stereocenters. The maximum atomic E-state index is 12.9. The summed E-state index contributed by atoms with van der Waals surface area (Å²) in [5.41, 5.74) is 2.01. The van der Waals surface area contributed by atoms with Crippen molar-refractivity contribution in [1.82, 2.24) is 4.90 Å². The van der Waals surface area contributed by atoms with E-state index in [-0.39, 0.29) is 23.0 Å². The number of rotatable bonds is 5. The van der Waals surface area contributed by atoms with Gasteiger partial charge in [0.1, 0.15) is 0 Å². The fourth-order valence-electron chi connectivity index (χ4n) is 3.29. The Balaban J connectivity index is 1.57. The Morgan fingerprint density at radius 1 is 1.11 bits per heavy atom. The SMILES string of the molecule is Cc1ccc(S[C@H](C)C(=O)N2CCC[C@H](C(=O)Nc3ccccc3)C2)cc1. The first kappa shape index (κ1) is 19.5. The lowest BCUT2D eigenvalue weighted by atomic mass is 9.96. The standard InChI is InChI=1S/C22H26N2O2S/c1-16-10-12-20(13-11-16)27-17(2)22(26)24-14-6-7-18(15-24)21(25)23-19-8-4-3-5-9-19/h3-5,8-13,17-18H,6-7,14-15H2,1-2H3,(H,23,25)/t17-,18+/m1/s1. The highest BCUT2D eigenvalue weighted by molar-refractivity contribution is 8.00. The van der Waals surface area contributed by atoms with Gasteiger partial charge in [0.2, 0.25) is 11.8 Å². The van der Waals surface area contributed by atoms with Crippen molar-refractivity contribution in [2.45, 2.75) is 36.8 Å². The summed E-state index contributed by atoms with van der Waals surface area (Å²) in [7, 11) is 0. The van der Waals surface area contributed by atoms with Gasteiger partial charge in [-0.25, -0.2) is 0 Å². The summed E-state index contributed by atoms with van der Waals surface area (Å²) in [6.45, 7) is 5.22. The van der Waals surface area contributed by atoms with Crippen molar-refractivity contribution in [3.63, 3.8) is 0 Å². The zero-order chi connectivity index (χ0) is 19.2. The van der Waals surface area contributed by atoms with Gasteiger partial charge in [-0.05, 0) is 51.0 Å². The smallest absolute Gasteiger partial charge is 0.235 e. The predicted molar refractivity (Wildman–Crippen MR) is 111 cm³/mol. The maximum Gasteiger partial charge on any atom is 0.235 e. The summed E-state index contributed by atoms with van der Waals surface area (Å²) < 4.78 is 0. The van der Waals surface area contributed by atoms with E-state index in [1.54, 1.807) is 11.8 Å². The molecule has 4 nitrogen and oxygen atoms in total. The molecule has 0 saturated carbocycles. The van der Waals surface area contributed by atoms with E-state index in [0.717, 1.165) is 30.0 Å². The van der Waals surface area contributed by atoms with Crippen molar-refractivity contribution >= 4 is 29.3 Å². The average molecular weight is 383 g/mol. The summed E-state index contributed by atoms with van der Waals surface area (Å²) >= 11 is 1.57. The van der Waals surface area contributed by atoms with Crippen molar-refractivity contribution in [3.8, 4) is 0 Å². The molecule has 0 radical (unpaired) electrons. The van der Waals surface area contributed by atoms with Crippen LogP contribution in [0, 0.1) is 12.8 Å². The van der Waals surface area contributed by atoms with E-state index in [1.165, 1.54) is 5.56 Å². The van der Waals surface area contributed by atoms with E-state index in [1.807, 2.05) is 42.2 Å². The molecule has 2 aromatic carbocycles. The van der Waals surface area contributed by atoms with Crippen molar-refractivity contribution < 1.29 is 9.59 Å². The highest BCUT2D eigenvalue weighted by Gasteiger charge is 2.30. The minimum absolute atomic E-state index is 0.00228. The number of para-hydroxylation sites is 1. The van der Waals surface area contributed by atoms with Crippen molar-refractivity contribution in [3.05, 3.63) is 60.2 Å². The number of nitrogens with zero attached hydrogens (tertiary/aromatic N) is 1. The molecule has 0 unspecified atom stereocenters. The largest absolute Gasteiger partial charge is 0.341 e. The van der Waals surface area contributed by atoms with E-state index in [0.29, 0.717) is 6.54 Å². The van der Waals surface area contributed by atoms with Gasteiger partial charge >= 0.3 is 0 Å². The summed E-state index contributed by atoms with van der Waals surface area (Å²) in [4.78, 5) is 28.4. The van der Waals surface area contributed by atoms with Crippen LogP contribution in [-0.2, 0) is 9.59 Å². The van der Waals surface area contributed by atoms with Crippen molar-refractivity contribution in [1.29, 1.82) is 0 Å². The Kier molecular flexibility index (Phi) is 6.56. The van der Waals surface area contributed by atoms with Crippen LogP contribution in [0.4, 0.5) is 5.69 Å². The van der Waals surface area contributed by atoms with Crippen LogP contribution in [-0.4, -0.2) is 35.1 Å². The summed E-state index contributed by atoms with van der Waals surface area (Å²) in [5.74, 6) is -0.0465. The minimum atomic E-state index is -0.163. The minimum Gasteiger partial charge on any atom is -0.341 e. The number of carbonyl (C=O) groups excluding carboxylic acids is 2. The second kappa shape index (κ2) is 9.09. The van der Waals surface area contributed by atoms with Crippen LogP contribution in [0.5, 0.6) is 0 Å². The first-order valence-corrected chi connectivity index (χ1v) is 10.3. The Labute approximate surface area is 165 Å². The number of hydrogen-bond donors (Lipinski definition) is 1. The molecular weight excluding hydrogens is 356 g/mol. The molecular formula is C22H26N2O2S. The maximum absolute atomic E-state index is 12.9. The van der Waals surface area contributed by atoms with Gasteiger partial charge in [0.15, 0.2) is 0 Å². The number of aryl methyl sites for hydroxylation is 1. The number of piperidine rings is 1. The van der Waals surface area contributed by atoms with Crippen molar-refractivity contribution in [2.24, 2.45) is 5.92 Å². The number of anilines is 1. The lowest BCUT2D eigenvalue weighted by molar-refractivity contribution is -0.133. The fraction of sp³-hybridized carbons (Fsp3) is 0.364. The zero-order valence-electron chi connectivity index (χ0n) is 15.9. The van der Waals surface area contributed by atoms with Gasteiger partial charge in [0.25, 0.3) is 0 Å². The third-order valence-electron chi connectivity index (χ3n) is 4.83. The molecule has 2 aromatic rings. The summed E-state index contributed by atoms with van der Waals surface area (Å²) in [6, 6.07) is 17.7. The Bertz CT molecular complexity index is 777. The van der Waals surface area contributed by atoms with Gasteiger partial charge in [0.05, 0.1) is 11.2 Å². The van der Waals surface area contributed by atoms with Gasteiger partial charge in [0, 0.05) is 23.7 Å². The summed E-state index contributed by atoms with van der Waals surface area (Å²) in [5, 5.41) is 2.80. The van der Waals surface area contributed by atoms with Gasteiger partial charge in [-0.2, -0.15) is 0 Å². The van der Waals surface area contributed by atoms with E-state index >= 15 is 0 Å². The van der Waals surface area contributed by atoms with Gasteiger partial charge in [-0.3, -0.25) is 9.59 Å². The number of nitrogens with one attached hydrogen (secondary N) is 1. The van der Waals surface area contributed by atoms with Crippen LogP contribution in [0.25, 0.3) is 0 Å². The van der Waals surface area contributed by atoms with E-state index in [9.17, 15) is 9.59 Å². The molecule has 1 N–H and O–H groups in total. The van der Waals surface area contributed by atoms with E-state index in [2.05, 4.69) is 36.5 Å². The fourth-order valence-corrected chi connectivity index (χ4v) is 4.24. The molecule has 1 fully saturated rings. The lowest BCUT2D eigenvalue weighted by Gasteiger charge is -2.33. The van der Waals surface area contributed by atoms with E-state index in [4.69, 9.17) is 0 Å². The predicted octanol–water partition coefficient (Wildman–Crippen LogP) is 4.35. The topological polar surface area (TPSA) is 49.4 Å². The van der Waals surface area contributed by atoms with Gasteiger partial charge in [-0.1, -0.05) is 35.9 Å². The molecule has 0 aliphatic carbocycles. The van der Waals surface area contributed by atoms with Crippen molar-refractivity contribution in [2.75, 3.05) is 18.4 Å². The molecule has 3 rings (SSSR count). The van der Waals surface area contributed by atoms with Crippen LogP contribution in [0.3, 0.4) is 0 Å². The zero-order valence-corrected chi connectivity index (χ0v) is 16.7. The van der Waals surface area contributed by atoms with Crippen LogP contribution < -0.4 is 5.32 Å². The molecule has 1 aliphatic heterocycles. The summed E-state index contributed by atoms with van der Waals surface area (Å²) in [6.07, 6.45) is 1.68. The van der Waals surface area contributed by atoms with E-state index < -0.39 is 0 Å². The molecule has 0 bridgehead atoms. The van der Waals surface area contributed by atoms with Crippen LogP contribution >= 0.6 is 11.8 Å². The number of amides is 2. The van der Waals surface area contributed by atoms with Gasteiger partial charge in [-0.15, -0.1) is 11.8 Å². The third-order valence-corrected chi connectivity index (χ3v) is 5.93. The quantitative estimate of drug-likeness (QED) is 0.782. The lowest BCUT2D eigenvalue weighted by Crippen LogP contribution is -2.46. The Morgan fingerprint density at radius 3 is 2.52 bits per heavy atom. The number of carbonyl (C=O) groups is 2. The normalized spacial score (nSPS) is 18.0. The molecule has 1 saturated heterocycles. The molecule has 5 heteroatoms. The van der Waals surface area contributed by atoms with Crippen LogP contribution in [0.2, 0.25) is 0 Å². The molecule has 2 amide bonds. The molecule has 27 heavy (non-hydrogen) atoms. The number of thioether (sulfide) groups is 1. The average Bonchev–Trinajstić information content (AvgIpc) is 2.70. The third kappa shape index (κ3) is 5.36. The highest BCUT2D eigenvalue weighted by Crippen LogP contribution is 2.27. The highest BCUT2D eigenvalue weighted by atomic mass is 32.2. The van der Waals surface area contributed by atoms with Crippen LogP contribution in [0.1, 0.15) is 25.3 Å². The molecule has 0 spiro atoms. The number of benzene rings is 2. The molecule has 1 heterocycles. The number of hydrogen-bond acceptors (Lipinski definition) is 3. The van der Waals surface area contributed by atoms with Gasteiger partial charge < -0.3 is 10.2 Å². The first-order valence-electron chi connectivity index (χ1n) is 9.41. The number of likely N-dealkylation sites (tertiary alicyclic amines) is 1. The molecule has 1 aliphatic rings. The second-order valence-corrected chi connectivity index (χ2v) is 8.47. The molecule has 142 valence electrons. The Morgan fingerprint density at radius 2 is 1.81 bits per heavy atom. The molecule has 0 aromatic heterocycles.